The maximum Gasteiger partial charge on any atom is 0.242 e. The number of carbonyl (C=O) groups is 1. The Hall–Kier alpha value is -1.75. The van der Waals surface area contributed by atoms with Crippen molar-refractivity contribution in [1.82, 2.24) is 5.32 Å². The summed E-state index contributed by atoms with van der Waals surface area (Å²) in [6, 6.07) is 4.36. The maximum atomic E-state index is 11.8. The number of nitrogens with two attached hydrogens (primary N) is 1. The van der Waals surface area contributed by atoms with Crippen LogP contribution in [0.5, 0.6) is 11.5 Å². The second-order valence-electron chi connectivity index (χ2n) is 5.35. The van der Waals surface area contributed by atoms with E-state index in [1.54, 1.807) is 6.92 Å². The molecule has 5 nitrogen and oxygen atoms in total. The Labute approximate surface area is 112 Å². The SMILES string of the molecule is CC(NC1CCCC1)(C(N)=O)c1cc(O)cc(O)c1. The van der Waals surface area contributed by atoms with Gasteiger partial charge in [-0.3, -0.25) is 10.1 Å². The first-order chi connectivity index (χ1) is 8.91. The fourth-order valence-electron chi connectivity index (χ4n) is 2.66. The van der Waals surface area contributed by atoms with E-state index in [4.69, 9.17) is 5.73 Å². The highest BCUT2D eigenvalue weighted by Gasteiger charge is 2.36. The number of phenolic OH excluding ortho intramolecular Hbond substituents is 2. The summed E-state index contributed by atoms with van der Waals surface area (Å²) < 4.78 is 0. The van der Waals surface area contributed by atoms with Gasteiger partial charge in [-0.25, -0.2) is 0 Å². The second-order valence-corrected chi connectivity index (χ2v) is 5.35. The number of aromatic hydroxyl groups is 2. The molecule has 0 aliphatic heterocycles. The number of hydrogen-bond donors (Lipinski definition) is 4. The molecule has 1 atom stereocenters. The van der Waals surface area contributed by atoms with Crippen LogP contribution in [0.3, 0.4) is 0 Å². The zero-order chi connectivity index (χ0) is 14.0. The van der Waals surface area contributed by atoms with Crippen LogP contribution in [0.25, 0.3) is 0 Å². The summed E-state index contributed by atoms with van der Waals surface area (Å²) >= 11 is 0. The quantitative estimate of drug-likeness (QED) is 0.659. The van der Waals surface area contributed by atoms with E-state index in [0.717, 1.165) is 25.7 Å². The number of carbonyl (C=O) groups excluding carboxylic acids is 1. The lowest BCUT2D eigenvalue weighted by atomic mass is 9.89. The summed E-state index contributed by atoms with van der Waals surface area (Å²) in [5.74, 6) is -0.698. The van der Waals surface area contributed by atoms with Crippen molar-refractivity contribution in [3.8, 4) is 11.5 Å². The third-order valence-corrected chi connectivity index (χ3v) is 3.82. The highest BCUT2D eigenvalue weighted by molar-refractivity contribution is 5.86. The first-order valence-electron chi connectivity index (χ1n) is 6.53. The lowest BCUT2D eigenvalue weighted by Gasteiger charge is -2.31. The van der Waals surface area contributed by atoms with Gasteiger partial charge < -0.3 is 15.9 Å². The third-order valence-electron chi connectivity index (χ3n) is 3.82. The summed E-state index contributed by atoms with van der Waals surface area (Å²) in [4.78, 5) is 11.8. The number of rotatable bonds is 4. The topological polar surface area (TPSA) is 95.6 Å². The van der Waals surface area contributed by atoms with Gasteiger partial charge in [0.05, 0.1) is 0 Å². The number of nitrogens with one attached hydrogen (secondary N) is 1. The van der Waals surface area contributed by atoms with Gasteiger partial charge in [0.2, 0.25) is 5.91 Å². The van der Waals surface area contributed by atoms with Gasteiger partial charge in [-0.2, -0.15) is 0 Å². The molecular weight excluding hydrogens is 244 g/mol. The van der Waals surface area contributed by atoms with Gasteiger partial charge in [0, 0.05) is 12.1 Å². The Morgan fingerprint density at radius 3 is 2.26 bits per heavy atom. The number of amides is 1. The second kappa shape index (κ2) is 5.09. The number of hydrogen-bond acceptors (Lipinski definition) is 4. The molecule has 0 heterocycles. The van der Waals surface area contributed by atoms with Gasteiger partial charge >= 0.3 is 0 Å². The van der Waals surface area contributed by atoms with Gasteiger partial charge in [0.15, 0.2) is 0 Å². The molecular formula is C14H20N2O3. The minimum absolute atomic E-state index is 0.0873. The van der Waals surface area contributed by atoms with Crippen LogP contribution in [0.2, 0.25) is 0 Å². The number of phenols is 2. The molecule has 19 heavy (non-hydrogen) atoms. The molecule has 1 unspecified atom stereocenters. The van der Waals surface area contributed by atoms with E-state index in [2.05, 4.69) is 5.32 Å². The lowest BCUT2D eigenvalue weighted by molar-refractivity contribution is -0.124. The minimum Gasteiger partial charge on any atom is -0.508 e. The molecule has 0 radical (unpaired) electrons. The van der Waals surface area contributed by atoms with Gasteiger partial charge in [-0.1, -0.05) is 12.8 Å². The molecule has 0 aromatic heterocycles. The standard InChI is InChI=1S/C14H20N2O3/c1-14(13(15)19,16-10-4-2-3-5-10)9-6-11(17)8-12(18)7-9/h6-8,10,16-18H,2-5H2,1H3,(H2,15,19). The van der Waals surface area contributed by atoms with Crippen LogP contribution in [-0.4, -0.2) is 22.2 Å². The molecule has 5 N–H and O–H groups in total. The maximum absolute atomic E-state index is 11.8. The molecule has 1 aromatic carbocycles. The van der Waals surface area contributed by atoms with E-state index < -0.39 is 11.4 Å². The summed E-state index contributed by atoms with van der Waals surface area (Å²) in [6.45, 7) is 1.68. The van der Waals surface area contributed by atoms with Crippen molar-refractivity contribution in [3.05, 3.63) is 23.8 Å². The molecule has 1 aromatic rings. The number of primary amides is 1. The van der Waals surface area contributed by atoms with Crippen molar-refractivity contribution in [3.63, 3.8) is 0 Å². The molecule has 0 saturated heterocycles. The van der Waals surface area contributed by atoms with Crippen molar-refractivity contribution in [1.29, 1.82) is 0 Å². The Kier molecular flexibility index (Phi) is 3.66. The molecule has 1 fully saturated rings. The monoisotopic (exact) mass is 264 g/mol. The van der Waals surface area contributed by atoms with Crippen molar-refractivity contribution < 1.29 is 15.0 Å². The first kappa shape index (κ1) is 13.7. The van der Waals surface area contributed by atoms with Crippen LogP contribution in [0.4, 0.5) is 0 Å². The smallest absolute Gasteiger partial charge is 0.242 e. The van der Waals surface area contributed by atoms with Crippen LogP contribution in [0.15, 0.2) is 18.2 Å². The molecule has 104 valence electrons. The van der Waals surface area contributed by atoms with E-state index in [0.29, 0.717) is 5.56 Å². The summed E-state index contributed by atoms with van der Waals surface area (Å²) in [5.41, 5.74) is 4.90. The van der Waals surface area contributed by atoms with Crippen molar-refractivity contribution >= 4 is 5.91 Å². The van der Waals surface area contributed by atoms with Gasteiger partial charge in [0.1, 0.15) is 17.0 Å². The highest BCUT2D eigenvalue weighted by Crippen LogP contribution is 2.31. The Morgan fingerprint density at radius 1 is 1.26 bits per heavy atom. The zero-order valence-corrected chi connectivity index (χ0v) is 11.0. The van der Waals surface area contributed by atoms with Crippen molar-refractivity contribution in [2.45, 2.75) is 44.2 Å². The molecule has 1 aliphatic carbocycles. The van der Waals surface area contributed by atoms with Crippen LogP contribution in [-0.2, 0) is 10.3 Å². The third kappa shape index (κ3) is 2.81. The normalized spacial score (nSPS) is 19.2. The first-order valence-corrected chi connectivity index (χ1v) is 6.53. The number of benzene rings is 1. The molecule has 1 aliphatic rings. The van der Waals surface area contributed by atoms with E-state index in [9.17, 15) is 15.0 Å². The average molecular weight is 264 g/mol. The van der Waals surface area contributed by atoms with E-state index >= 15 is 0 Å². The van der Waals surface area contributed by atoms with Gasteiger partial charge in [-0.05, 0) is 37.5 Å². The Morgan fingerprint density at radius 2 is 1.79 bits per heavy atom. The van der Waals surface area contributed by atoms with Crippen LogP contribution in [0.1, 0.15) is 38.2 Å². The molecule has 0 spiro atoms. The molecule has 2 rings (SSSR count). The molecule has 5 heteroatoms. The fourth-order valence-corrected chi connectivity index (χ4v) is 2.66. The van der Waals surface area contributed by atoms with Crippen LogP contribution in [0, 0.1) is 0 Å². The van der Waals surface area contributed by atoms with Crippen molar-refractivity contribution in [2.24, 2.45) is 5.73 Å². The van der Waals surface area contributed by atoms with E-state index in [1.165, 1.54) is 18.2 Å². The molecule has 1 amide bonds. The average Bonchev–Trinajstić information content (AvgIpc) is 2.79. The summed E-state index contributed by atoms with van der Waals surface area (Å²) in [7, 11) is 0. The Balaban J connectivity index is 2.34. The van der Waals surface area contributed by atoms with Gasteiger partial charge in [-0.15, -0.1) is 0 Å². The van der Waals surface area contributed by atoms with Crippen LogP contribution >= 0.6 is 0 Å². The molecule has 0 bridgehead atoms. The zero-order valence-electron chi connectivity index (χ0n) is 11.0. The Bertz CT molecular complexity index is 463. The molecule has 1 saturated carbocycles. The minimum atomic E-state index is -1.09. The van der Waals surface area contributed by atoms with E-state index in [1.807, 2.05) is 0 Å². The van der Waals surface area contributed by atoms with Crippen molar-refractivity contribution in [2.75, 3.05) is 0 Å². The predicted molar refractivity (Wildman–Crippen MR) is 71.7 cm³/mol. The summed E-state index contributed by atoms with van der Waals surface area (Å²) in [5, 5.41) is 22.4. The van der Waals surface area contributed by atoms with Crippen LogP contribution < -0.4 is 11.1 Å². The highest BCUT2D eigenvalue weighted by atomic mass is 16.3. The van der Waals surface area contributed by atoms with Gasteiger partial charge in [0.25, 0.3) is 0 Å². The summed E-state index contributed by atoms with van der Waals surface area (Å²) in [6.07, 6.45) is 4.29. The largest absolute Gasteiger partial charge is 0.508 e. The van der Waals surface area contributed by atoms with E-state index in [-0.39, 0.29) is 17.5 Å². The fraction of sp³-hybridized carbons (Fsp3) is 0.500. The lowest BCUT2D eigenvalue weighted by Crippen LogP contribution is -2.53. The predicted octanol–water partition coefficient (Wildman–Crippen LogP) is 1.33.